The molecule has 0 bridgehead atoms. The monoisotopic (exact) mass is 395 g/mol. The zero-order valence-electron chi connectivity index (χ0n) is 17.9. The summed E-state index contributed by atoms with van der Waals surface area (Å²) in [5, 5.41) is 3.07. The van der Waals surface area contributed by atoms with Gasteiger partial charge < -0.3 is 14.6 Å². The largest absolute Gasteiger partial charge is 0.356 e. The van der Waals surface area contributed by atoms with Gasteiger partial charge in [-0.2, -0.15) is 4.89 Å². The molecule has 0 aromatic carbocycles. The number of carbonyl (C=O) groups excluding carboxylic acids is 1. The predicted molar refractivity (Wildman–Crippen MR) is 107 cm³/mol. The van der Waals surface area contributed by atoms with Crippen LogP contribution in [0.25, 0.3) is 0 Å². The lowest BCUT2D eigenvalue weighted by atomic mass is 9.78. The third-order valence-corrected chi connectivity index (χ3v) is 5.74. The number of unbranched alkanes of at least 4 members (excludes halogenated alkanes) is 2. The summed E-state index contributed by atoms with van der Waals surface area (Å²) in [6.45, 7) is 7.54. The first-order valence-corrected chi connectivity index (χ1v) is 10.6. The van der Waals surface area contributed by atoms with Gasteiger partial charge in [0.25, 0.3) is 0 Å². The Morgan fingerprint density at radius 1 is 1.25 bits per heavy atom. The minimum atomic E-state index is -1.07. The van der Waals surface area contributed by atoms with Gasteiger partial charge in [-0.1, -0.05) is 39.5 Å². The molecule has 160 valence electrons. The number of hydrogen-bond acceptors (Lipinski definition) is 5. The maximum Gasteiger partial charge on any atom is 0.228 e. The number of amides is 1. The average molecular weight is 396 g/mol. The van der Waals surface area contributed by atoms with E-state index in [9.17, 15) is 4.79 Å². The molecule has 1 fully saturated rings. The van der Waals surface area contributed by atoms with Crippen LogP contribution in [-0.2, 0) is 25.9 Å². The van der Waals surface area contributed by atoms with Crippen molar-refractivity contribution in [3.63, 3.8) is 0 Å². The van der Waals surface area contributed by atoms with Gasteiger partial charge in [-0.3, -0.25) is 4.79 Å². The fourth-order valence-electron chi connectivity index (χ4n) is 3.75. The molecule has 1 N–H and O–H groups in total. The standard InChI is InChI=1S/C21H37N3O4/c1-5-7-10-21(11-8-6-2)16-18(20(3,26-4)27-28-21)19(25)23-12-9-14-24-15-13-22-17-24/h13,15,17-18H,5-12,14,16H2,1-4H3,(H,23,25)/t18-,20+/m0/s1. The van der Waals surface area contributed by atoms with Crippen molar-refractivity contribution in [2.75, 3.05) is 13.7 Å². The number of imidazole rings is 1. The number of hydrogen-bond donors (Lipinski definition) is 1. The summed E-state index contributed by atoms with van der Waals surface area (Å²) in [7, 11) is 1.56. The highest BCUT2D eigenvalue weighted by atomic mass is 17.2. The third-order valence-electron chi connectivity index (χ3n) is 5.74. The van der Waals surface area contributed by atoms with E-state index >= 15 is 0 Å². The average Bonchev–Trinajstić information content (AvgIpc) is 3.23. The first kappa shape index (κ1) is 22.8. The smallest absolute Gasteiger partial charge is 0.228 e. The number of methoxy groups -OCH3 is 1. The highest BCUT2D eigenvalue weighted by molar-refractivity contribution is 5.79. The van der Waals surface area contributed by atoms with Crippen LogP contribution in [0.5, 0.6) is 0 Å². The molecule has 7 nitrogen and oxygen atoms in total. The summed E-state index contributed by atoms with van der Waals surface area (Å²) in [6, 6.07) is 0. The first-order valence-electron chi connectivity index (χ1n) is 10.6. The van der Waals surface area contributed by atoms with Gasteiger partial charge in [0.05, 0.1) is 12.2 Å². The van der Waals surface area contributed by atoms with Crippen molar-refractivity contribution in [3.8, 4) is 0 Å². The van der Waals surface area contributed by atoms with Crippen LogP contribution in [0, 0.1) is 5.92 Å². The number of aromatic nitrogens is 2. The van der Waals surface area contributed by atoms with E-state index in [0.717, 1.165) is 51.5 Å². The molecule has 0 radical (unpaired) electrons. The number of carbonyl (C=O) groups is 1. The van der Waals surface area contributed by atoms with Crippen molar-refractivity contribution in [1.82, 2.24) is 14.9 Å². The van der Waals surface area contributed by atoms with Crippen molar-refractivity contribution in [1.29, 1.82) is 0 Å². The van der Waals surface area contributed by atoms with Crippen molar-refractivity contribution in [2.45, 2.75) is 90.1 Å². The van der Waals surface area contributed by atoms with Crippen molar-refractivity contribution in [2.24, 2.45) is 5.92 Å². The van der Waals surface area contributed by atoms with Crippen LogP contribution in [0.2, 0.25) is 0 Å². The summed E-state index contributed by atoms with van der Waals surface area (Å²) >= 11 is 0. The normalized spacial score (nSPS) is 24.2. The van der Waals surface area contributed by atoms with E-state index in [1.54, 1.807) is 26.6 Å². The van der Waals surface area contributed by atoms with Crippen molar-refractivity contribution < 1.29 is 19.3 Å². The molecule has 2 atom stereocenters. The molecule has 0 saturated carbocycles. The van der Waals surface area contributed by atoms with E-state index in [0.29, 0.717) is 13.0 Å². The minimum Gasteiger partial charge on any atom is -0.356 e. The second-order valence-electron chi connectivity index (χ2n) is 7.98. The van der Waals surface area contributed by atoms with Gasteiger partial charge in [0.2, 0.25) is 11.7 Å². The molecule has 1 amide bonds. The van der Waals surface area contributed by atoms with Gasteiger partial charge in [-0.15, -0.1) is 0 Å². The summed E-state index contributed by atoms with van der Waals surface area (Å²) in [4.78, 5) is 28.7. The highest BCUT2D eigenvalue weighted by Gasteiger charge is 2.52. The van der Waals surface area contributed by atoms with Gasteiger partial charge in [0, 0.05) is 32.6 Å². The van der Waals surface area contributed by atoms with Crippen LogP contribution in [0.3, 0.4) is 0 Å². The Balaban J connectivity index is 1.99. The van der Waals surface area contributed by atoms with E-state index in [1.807, 2.05) is 10.8 Å². The number of nitrogens with zero attached hydrogens (tertiary/aromatic N) is 2. The molecule has 1 saturated heterocycles. The molecule has 0 aliphatic carbocycles. The predicted octanol–water partition coefficient (Wildman–Crippen LogP) is 3.84. The third kappa shape index (κ3) is 6.03. The van der Waals surface area contributed by atoms with E-state index < -0.39 is 17.3 Å². The van der Waals surface area contributed by atoms with E-state index in [4.69, 9.17) is 14.5 Å². The second kappa shape index (κ2) is 10.9. The first-order chi connectivity index (χ1) is 13.5. The number of nitrogens with one attached hydrogen (secondary N) is 1. The minimum absolute atomic E-state index is 0.0318. The number of rotatable bonds is 12. The Hall–Kier alpha value is -1.44. The Labute approximate surface area is 169 Å². The fraction of sp³-hybridized carbons (Fsp3) is 0.810. The zero-order chi connectivity index (χ0) is 20.5. The van der Waals surface area contributed by atoms with E-state index in [2.05, 4.69) is 24.1 Å². The van der Waals surface area contributed by atoms with Crippen molar-refractivity contribution in [3.05, 3.63) is 18.7 Å². The van der Waals surface area contributed by atoms with E-state index in [-0.39, 0.29) is 5.91 Å². The molecule has 0 unspecified atom stereocenters. The molecular weight excluding hydrogens is 358 g/mol. The Morgan fingerprint density at radius 2 is 1.96 bits per heavy atom. The summed E-state index contributed by atoms with van der Waals surface area (Å²) in [6.07, 6.45) is 13.0. The maximum absolute atomic E-state index is 13.0. The Kier molecular flexibility index (Phi) is 8.92. The zero-order valence-corrected chi connectivity index (χ0v) is 17.9. The molecule has 1 aromatic rings. The Bertz CT molecular complexity index is 570. The number of ether oxygens (including phenoxy) is 1. The lowest BCUT2D eigenvalue weighted by Crippen LogP contribution is -2.57. The molecule has 28 heavy (non-hydrogen) atoms. The van der Waals surface area contributed by atoms with Crippen LogP contribution >= 0.6 is 0 Å². The van der Waals surface area contributed by atoms with Gasteiger partial charge in [-0.25, -0.2) is 9.87 Å². The number of aryl methyl sites for hydroxylation is 1. The summed E-state index contributed by atoms with van der Waals surface area (Å²) in [5.41, 5.74) is -0.414. The van der Waals surface area contributed by atoms with Crippen LogP contribution in [0.4, 0.5) is 0 Å². The highest BCUT2D eigenvalue weighted by Crippen LogP contribution is 2.43. The molecule has 1 aromatic heterocycles. The Morgan fingerprint density at radius 3 is 2.54 bits per heavy atom. The van der Waals surface area contributed by atoms with Crippen LogP contribution in [-0.4, -0.2) is 40.5 Å². The molecule has 0 spiro atoms. The van der Waals surface area contributed by atoms with Gasteiger partial charge in [-0.05, 0) is 32.6 Å². The molecular formula is C21H37N3O4. The quantitative estimate of drug-likeness (QED) is 0.430. The lowest BCUT2D eigenvalue weighted by Gasteiger charge is -2.47. The second-order valence-corrected chi connectivity index (χ2v) is 7.98. The van der Waals surface area contributed by atoms with Gasteiger partial charge in [0.1, 0.15) is 5.60 Å². The van der Waals surface area contributed by atoms with Crippen LogP contribution < -0.4 is 5.32 Å². The maximum atomic E-state index is 13.0. The topological polar surface area (TPSA) is 74.6 Å². The van der Waals surface area contributed by atoms with E-state index in [1.165, 1.54) is 0 Å². The molecule has 2 heterocycles. The summed E-state index contributed by atoms with van der Waals surface area (Å²) < 4.78 is 7.56. The van der Waals surface area contributed by atoms with Crippen molar-refractivity contribution >= 4 is 5.91 Å². The summed E-state index contributed by atoms with van der Waals surface area (Å²) in [5.74, 6) is -1.51. The lowest BCUT2D eigenvalue weighted by molar-refractivity contribution is -0.496. The SMILES string of the molecule is CCCCC1(CCCC)C[C@@H](C(=O)NCCCn2ccnc2)[C@](C)(OC)OO1. The molecule has 2 rings (SSSR count). The molecule has 7 heteroatoms. The molecule has 1 aliphatic rings. The van der Waals surface area contributed by atoms with Crippen LogP contribution in [0.15, 0.2) is 18.7 Å². The fourth-order valence-corrected chi connectivity index (χ4v) is 3.75. The van der Waals surface area contributed by atoms with Gasteiger partial charge >= 0.3 is 0 Å². The van der Waals surface area contributed by atoms with Crippen LogP contribution in [0.1, 0.15) is 72.1 Å². The molecule has 1 aliphatic heterocycles. The van der Waals surface area contributed by atoms with Gasteiger partial charge in [0.15, 0.2) is 0 Å².